The van der Waals surface area contributed by atoms with Gasteiger partial charge in [0.05, 0.1) is 13.2 Å². The highest BCUT2D eigenvalue weighted by molar-refractivity contribution is 4.82. The van der Waals surface area contributed by atoms with E-state index in [1.165, 1.54) is 0 Å². The number of likely N-dealkylation sites (N-methyl/N-ethyl adjacent to an activating group) is 1. The summed E-state index contributed by atoms with van der Waals surface area (Å²) in [5.74, 6) is 0. The van der Waals surface area contributed by atoms with E-state index in [1.807, 2.05) is 25.8 Å². The molecule has 0 saturated carbocycles. The normalized spacial score (nSPS) is 30.2. The molecule has 0 aliphatic carbocycles. The van der Waals surface area contributed by atoms with Gasteiger partial charge in [0, 0.05) is 13.1 Å². The number of nitrogens with zero attached hydrogens (tertiary/aromatic N) is 1. The summed E-state index contributed by atoms with van der Waals surface area (Å²) in [7, 11) is 1.84. The molecule has 0 aromatic rings. The molecule has 1 saturated heterocycles. The van der Waals surface area contributed by atoms with Crippen molar-refractivity contribution in [3.8, 4) is 0 Å². The van der Waals surface area contributed by atoms with Crippen molar-refractivity contribution < 1.29 is 14.2 Å². The summed E-state index contributed by atoms with van der Waals surface area (Å²) in [4.78, 5) is 1.87. The van der Waals surface area contributed by atoms with Crippen molar-refractivity contribution in [2.45, 2.75) is 19.4 Å². The van der Waals surface area contributed by atoms with Crippen molar-refractivity contribution in [3.05, 3.63) is 0 Å². The Hall–Kier alpha value is -0.190. The van der Waals surface area contributed by atoms with Gasteiger partial charge < -0.3 is 14.7 Å². The molecule has 1 aliphatic rings. The van der Waals surface area contributed by atoms with Gasteiger partial charge in [-0.2, -0.15) is 0 Å². The van der Waals surface area contributed by atoms with Crippen molar-refractivity contribution in [3.63, 3.8) is 0 Å². The zero-order chi connectivity index (χ0) is 10.3. The predicted molar refractivity (Wildman–Crippen MR) is 50.6 cm³/mol. The smallest absolute Gasteiger partial charge is 0.129 e. The SMILES string of the molecule is CC.CN1CCOCC(O)(CF)C1. The Morgan fingerprint density at radius 3 is 2.69 bits per heavy atom. The highest BCUT2D eigenvalue weighted by Gasteiger charge is 2.30. The van der Waals surface area contributed by atoms with E-state index in [1.54, 1.807) is 0 Å². The first-order valence-corrected chi connectivity index (χ1v) is 4.71. The number of hydrogen-bond donors (Lipinski definition) is 1. The summed E-state index contributed by atoms with van der Waals surface area (Å²) in [6.07, 6.45) is 0. The minimum atomic E-state index is -1.29. The van der Waals surface area contributed by atoms with Gasteiger partial charge in [0.2, 0.25) is 0 Å². The molecule has 0 aromatic heterocycles. The van der Waals surface area contributed by atoms with E-state index in [4.69, 9.17) is 4.74 Å². The third-order valence-corrected chi connectivity index (χ3v) is 1.80. The molecule has 1 heterocycles. The second-order valence-electron chi connectivity index (χ2n) is 3.15. The molecule has 1 fully saturated rings. The Balaban J connectivity index is 0.000000671. The number of alkyl halides is 1. The summed E-state index contributed by atoms with van der Waals surface area (Å²) in [5, 5.41) is 9.49. The van der Waals surface area contributed by atoms with Crippen LogP contribution in [0.4, 0.5) is 4.39 Å². The lowest BCUT2D eigenvalue weighted by Crippen LogP contribution is -2.44. The lowest BCUT2D eigenvalue weighted by molar-refractivity contribution is -0.0497. The fourth-order valence-corrected chi connectivity index (χ4v) is 1.19. The molecule has 0 spiro atoms. The van der Waals surface area contributed by atoms with Gasteiger partial charge >= 0.3 is 0 Å². The topological polar surface area (TPSA) is 32.7 Å². The standard InChI is InChI=1S/C7H14FNO2.C2H6/c1-9-2-3-11-6-7(10,4-8)5-9;1-2/h10H,2-6H2,1H3;1-2H3. The van der Waals surface area contributed by atoms with Crippen LogP contribution in [0.15, 0.2) is 0 Å². The predicted octanol–water partition coefficient (Wildman–Crippen LogP) is 0.675. The Morgan fingerprint density at radius 2 is 2.15 bits per heavy atom. The maximum absolute atomic E-state index is 12.3. The third kappa shape index (κ3) is 4.55. The number of ether oxygens (including phenoxy) is 1. The summed E-state index contributed by atoms with van der Waals surface area (Å²) >= 11 is 0. The van der Waals surface area contributed by atoms with Crippen LogP contribution in [0.25, 0.3) is 0 Å². The zero-order valence-electron chi connectivity index (χ0n) is 8.72. The van der Waals surface area contributed by atoms with Crippen molar-refractivity contribution in [1.82, 2.24) is 4.90 Å². The van der Waals surface area contributed by atoms with Crippen LogP contribution >= 0.6 is 0 Å². The van der Waals surface area contributed by atoms with E-state index in [-0.39, 0.29) is 6.61 Å². The zero-order valence-corrected chi connectivity index (χ0v) is 8.72. The first-order chi connectivity index (χ1) is 6.16. The molecule has 1 N–H and O–H groups in total. The maximum atomic E-state index is 12.3. The highest BCUT2D eigenvalue weighted by Crippen LogP contribution is 2.11. The van der Waals surface area contributed by atoms with Crippen LogP contribution in [0, 0.1) is 0 Å². The third-order valence-electron chi connectivity index (χ3n) is 1.80. The molecule has 0 bridgehead atoms. The molecular formula is C9H20FNO2. The van der Waals surface area contributed by atoms with Crippen molar-refractivity contribution >= 4 is 0 Å². The molecule has 0 amide bonds. The van der Waals surface area contributed by atoms with Crippen LogP contribution in [0.5, 0.6) is 0 Å². The summed E-state index contributed by atoms with van der Waals surface area (Å²) < 4.78 is 17.3. The van der Waals surface area contributed by atoms with Gasteiger partial charge in [-0.3, -0.25) is 0 Å². The van der Waals surface area contributed by atoms with Crippen molar-refractivity contribution in [2.75, 3.05) is 40.0 Å². The summed E-state index contributed by atoms with van der Waals surface area (Å²) in [5.41, 5.74) is -1.29. The van der Waals surface area contributed by atoms with Crippen molar-refractivity contribution in [2.24, 2.45) is 0 Å². The minimum absolute atomic E-state index is 0.105. The van der Waals surface area contributed by atoms with E-state index in [0.29, 0.717) is 13.2 Å². The van der Waals surface area contributed by atoms with Crippen LogP contribution in [0.3, 0.4) is 0 Å². The fourth-order valence-electron chi connectivity index (χ4n) is 1.19. The maximum Gasteiger partial charge on any atom is 0.129 e. The number of halogens is 1. The largest absolute Gasteiger partial charge is 0.383 e. The van der Waals surface area contributed by atoms with Crippen molar-refractivity contribution in [1.29, 1.82) is 0 Å². The molecular weight excluding hydrogens is 173 g/mol. The summed E-state index contributed by atoms with van der Waals surface area (Å²) in [6.45, 7) is 5.04. The molecule has 3 nitrogen and oxygen atoms in total. The average Bonchev–Trinajstić information content (AvgIpc) is 2.31. The van der Waals surface area contributed by atoms with E-state index in [0.717, 1.165) is 6.54 Å². The molecule has 0 radical (unpaired) electrons. The van der Waals surface area contributed by atoms with Crippen LogP contribution in [0.1, 0.15) is 13.8 Å². The lowest BCUT2D eigenvalue weighted by Gasteiger charge is -2.25. The van der Waals surface area contributed by atoms with Gasteiger partial charge in [-0.25, -0.2) is 4.39 Å². The van der Waals surface area contributed by atoms with Gasteiger partial charge in [-0.05, 0) is 7.05 Å². The average molecular weight is 193 g/mol. The molecule has 1 atom stereocenters. The minimum Gasteiger partial charge on any atom is -0.383 e. The van der Waals surface area contributed by atoms with Crippen LogP contribution < -0.4 is 0 Å². The van der Waals surface area contributed by atoms with Crippen LogP contribution in [-0.2, 0) is 4.74 Å². The first kappa shape index (κ1) is 12.8. The number of hydrogen-bond acceptors (Lipinski definition) is 3. The second kappa shape index (κ2) is 6.29. The quantitative estimate of drug-likeness (QED) is 0.664. The van der Waals surface area contributed by atoms with E-state index in [9.17, 15) is 9.50 Å². The molecule has 1 rings (SSSR count). The van der Waals surface area contributed by atoms with Crippen LogP contribution in [0.2, 0.25) is 0 Å². The van der Waals surface area contributed by atoms with Gasteiger partial charge in [0.1, 0.15) is 12.3 Å². The van der Waals surface area contributed by atoms with Gasteiger partial charge in [0.25, 0.3) is 0 Å². The molecule has 1 aliphatic heterocycles. The number of β-amino-alcohol motifs (C(OH)–C–C–N with tert-alkyl or cyclic N) is 1. The van der Waals surface area contributed by atoms with Gasteiger partial charge in [-0.15, -0.1) is 0 Å². The fraction of sp³-hybridized carbons (Fsp3) is 1.00. The second-order valence-corrected chi connectivity index (χ2v) is 3.15. The van der Waals surface area contributed by atoms with E-state index in [2.05, 4.69) is 0 Å². The Bertz CT molecular complexity index is 135. The number of rotatable bonds is 1. The molecule has 4 heteroatoms. The Labute approximate surface area is 79.5 Å². The molecule has 0 aromatic carbocycles. The molecule has 13 heavy (non-hydrogen) atoms. The Morgan fingerprint density at radius 1 is 1.54 bits per heavy atom. The molecule has 1 unspecified atom stereocenters. The van der Waals surface area contributed by atoms with E-state index < -0.39 is 12.3 Å². The molecule has 80 valence electrons. The van der Waals surface area contributed by atoms with E-state index >= 15 is 0 Å². The van der Waals surface area contributed by atoms with Gasteiger partial charge in [-0.1, -0.05) is 13.8 Å². The van der Waals surface area contributed by atoms with Crippen LogP contribution in [-0.4, -0.2) is 55.6 Å². The number of aliphatic hydroxyl groups is 1. The summed E-state index contributed by atoms with van der Waals surface area (Å²) in [6, 6.07) is 0. The first-order valence-electron chi connectivity index (χ1n) is 4.71. The Kier molecular flexibility index (Phi) is 6.20. The monoisotopic (exact) mass is 193 g/mol. The lowest BCUT2D eigenvalue weighted by atomic mass is 10.1. The highest BCUT2D eigenvalue weighted by atomic mass is 19.1. The van der Waals surface area contributed by atoms with Gasteiger partial charge in [0.15, 0.2) is 0 Å².